The van der Waals surface area contributed by atoms with E-state index in [0.29, 0.717) is 6.42 Å². The molecule has 17 heavy (non-hydrogen) atoms. The molecule has 0 radical (unpaired) electrons. The van der Waals surface area contributed by atoms with E-state index in [0.717, 1.165) is 16.9 Å². The smallest absolute Gasteiger partial charge is 0.315 e. The lowest BCUT2D eigenvalue weighted by Crippen LogP contribution is -2.42. The second-order valence-corrected chi connectivity index (χ2v) is 5.61. The largest absolute Gasteiger partial charge is 0.388 e. The summed E-state index contributed by atoms with van der Waals surface area (Å²) in [5.74, 6) is 0. The van der Waals surface area contributed by atoms with E-state index in [4.69, 9.17) is 0 Å². The normalized spacial score (nSPS) is 23.3. The minimum Gasteiger partial charge on any atom is -0.388 e. The fourth-order valence-corrected chi connectivity index (χ4v) is 3.10. The topological polar surface area (TPSA) is 61.4 Å². The third-order valence-electron chi connectivity index (χ3n) is 2.86. The van der Waals surface area contributed by atoms with Crippen LogP contribution in [0.5, 0.6) is 0 Å². The molecule has 0 fully saturated rings. The molecule has 0 spiro atoms. The Morgan fingerprint density at radius 1 is 1.53 bits per heavy atom. The molecule has 0 aromatic carbocycles. The maximum atomic E-state index is 11.7. The molecule has 0 bridgehead atoms. The molecule has 0 unspecified atom stereocenters. The lowest BCUT2D eigenvalue weighted by molar-refractivity contribution is 0.151. The van der Waals surface area contributed by atoms with Crippen LogP contribution in [0.1, 0.15) is 49.3 Å². The van der Waals surface area contributed by atoms with Gasteiger partial charge in [-0.15, -0.1) is 11.3 Å². The first kappa shape index (κ1) is 12.4. The predicted octanol–water partition coefficient (Wildman–Crippen LogP) is 2.32. The molecule has 4 nitrogen and oxygen atoms in total. The van der Waals surface area contributed by atoms with Crippen LogP contribution < -0.4 is 10.6 Å². The minimum absolute atomic E-state index is 0.0263. The molecule has 2 amide bonds. The van der Waals surface area contributed by atoms with E-state index in [2.05, 4.69) is 10.6 Å². The lowest BCUT2D eigenvalue weighted by Gasteiger charge is -2.27. The van der Waals surface area contributed by atoms with Crippen LogP contribution in [0.15, 0.2) is 11.4 Å². The highest BCUT2D eigenvalue weighted by atomic mass is 32.1. The van der Waals surface area contributed by atoms with E-state index < -0.39 is 0 Å². The molecule has 1 heterocycles. The first-order chi connectivity index (χ1) is 8.08. The Balaban J connectivity index is 2.05. The van der Waals surface area contributed by atoms with Crippen molar-refractivity contribution in [2.45, 2.75) is 44.9 Å². The van der Waals surface area contributed by atoms with Crippen molar-refractivity contribution in [2.24, 2.45) is 0 Å². The van der Waals surface area contributed by atoms with Crippen molar-refractivity contribution in [3.63, 3.8) is 0 Å². The Hall–Kier alpha value is -1.07. The average Bonchev–Trinajstić information content (AvgIpc) is 2.70. The SMILES string of the molecule is CC(C)NC(=O)N[C@@H]1CC[C@H](O)c2sccc21. The molecule has 3 N–H and O–H groups in total. The number of amides is 2. The van der Waals surface area contributed by atoms with Crippen LogP contribution in [0.3, 0.4) is 0 Å². The zero-order valence-electron chi connectivity index (χ0n) is 10.1. The maximum Gasteiger partial charge on any atom is 0.315 e. The molecule has 2 atom stereocenters. The zero-order chi connectivity index (χ0) is 12.4. The van der Waals surface area contributed by atoms with Crippen molar-refractivity contribution in [3.8, 4) is 0 Å². The van der Waals surface area contributed by atoms with Crippen molar-refractivity contribution in [1.29, 1.82) is 0 Å². The summed E-state index contributed by atoms with van der Waals surface area (Å²) in [4.78, 5) is 12.6. The number of thiophene rings is 1. The van der Waals surface area contributed by atoms with Crippen LogP contribution in [-0.4, -0.2) is 17.2 Å². The van der Waals surface area contributed by atoms with Crippen molar-refractivity contribution in [3.05, 3.63) is 21.9 Å². The molecule has 0 aliphatic heterocycles. The van der Waals surface area contributed by atoms with Crippen molar-refractivity contribution in [1.82, 2.24) is 10.6 Å². The highest BCUT2D eigenvalue weighted by Crippen LogP contribution is 2.39. The van der Waals surface area contributed by atoms with Crippen LogP contribution in [0.25, 0.3) is 0 Å². The number of carbonyl (C=O) groups is 1. The van der Waals surface area contributed by atoms with Gasteiger partial charge in [0.25, 0.3) is 0 Å². The molecule has 0 saturated heterocycles. The second kappa shape index (κ2) is 5.06. The molecule has 1 aromatic heterocycles. The summed E-state index contributed by atoms with van der Waals surface area (Å²) < 4.78 is 0. The molecular formula is C12H18N2O2S. The van der Waals surface area contributed by atoms with Crippen LogP contribution in [0.4, 0.5) is 4.79 Å². The fourth-order valence-electron chi connectivity index (χ4n) is 2.11. The van der Waals surface area contributed by atoms with Gasteiger partial charge in [0, 0.05) is 10.9 Å². The van der Waals surface area contributed by atoms with Crippen LogP contribution in [-0.2, 0) is 0 Å². The highest BCUT2D eigenvalue weighted by Gasteiger charge is 2.28. The first-order valence-electron chi connectivity index (χ1n) is 5.90. The predicted molar refractivity (Wildman–Crippen MR) is 68.1 cm³/mol. The van der Waals surface area contributed by atoms with Crippen molar-refractivity contribution in [2.75, 3.05) is 0 Å². The summed E-state index contributed by atoms with van der Waals surface area (Å²) in [7, 11) is 0. The summed E-state index contributed by atoms with van der Waals surface area (Å²) in [6.45, 7) is 3.86. The third kappa shape index (κ3) is 2.79. The van der Waals surface area contributed by atoms with E-state index in [1.165, 1.54) is 0 Å². The average molecular weight is 254 g/mol. The van der Waals surface area contributed by atoms with Gasteiger partial charge in [0.1, 0.15) is 0 Å². The quantitative estimate of drug-likeness (QED) is 0.758. The summed E-state index contributed by atoms with van der Waals surface area (Å²) in [6, 6.07) is 2.01. The molecule has 1 aliphatic carbocycles. The third-order valence-corrected chi connectivity index (χ3v) is 3.89. The van der Waals surface area contributed by atoms with Crippen molar-refractivity contribution >= 4 is 17.4 Å². The Bertz CT molecular complexity index is 403. The summed E-state index contributed by atoms with van der Waals surface area (Å²) in [5, 5.41) is 17.6. The lowest BCUT2D eigenvalue weighted by atomic mass is 9.92. The van der Waals surface area contributed by atoms with Gasteiger partial charge in [0.2, 0.25) is 0 Å². The number of fused-ring (bicyclic) bond motifs is 1. The molecule has 5 heteroatoms. The van der Waals surface area contributed by atoms with Gasteiger partial charge < -0.3 is 15.7 Å². The highest BCUT2D eigenvalue weighted by molar-refractivity contribution is 7.10. The van der Waals surface area contributed by atoms with Gasteiger partial charge in [-0.05, 0) is 43.7 Å². The molecular weight excluding hydrogens is 236 g/mol. The Morgan fingerprint density at radius 2 is 2.29 bits per heavy atom. The van der Waals surface area contributed by atoms with Crippen LogP contribution >= 0.6 is 11.3 Å². The molecule has 94 valence electrons. The minimum atomic E-state index is -0.365. The monoisotopic (exact) mass is 254 g/mol. The first-order valence-corrected chi connectivity index (χ1v) is 6.78. The van der Waals surface area contributed by atoms with E-state index in [-0.39, 0.29) is 24.2 Å². The van der Waals surface area contributed by atoms with Gasteiger partial charge in [-0.3, -0.25) is 0 Å². The Morgan fingerprint density at radius 3 is 3.00 bits per heavy atom. The van der Waals surface area contributed by atoms with Gasteiger partial charge in [-0.25, -0.2) is 4.79 Å². The van der Waals surface area contributed by atoms with E-state index >= 15 is 0 Å². The number of carbonyl (C=O) groups excluding carboxylic acids is 1. The fraction of sp³-hybridized carbons (Fsp3) is 0.583. The summed E-state index contributed by atoms with van der Waals surface area (Å²) >= 11 is 1.56. The number of aliphatic hydroxyl groups is 1. The second-order valence-electron chi connectivity index (χ2n) is 4.66. The molecule has 1 aliphatic rings. The maximum absolute atomic E-state index is 11.7. The van der Waals surface area contributed by atoms with Gasteiger partial charge in [-0.1, -0.05) is 0 Å². The summed E-state index contributed by atoms with van der Waals surface area (Å²) in [5.41, 5.74) is 1.06. The number of hydrogen-bond donors (Lipinski definition) is 3. The van der Waals surface area contributed by atoms with Crippen molar-refractivity contribution < 1.29 is 9.90 Å². The van der Waals surface area contributed by atoms with Crippen LogP contribution in [0, 0.1) is 0 Å². The van der Waals surface area contributed by atoms with Gasteiger partial charge >= 0.3 is 6.03 Å². The van der Waals surface area contributed by atoms with E-state index in [1.54, 1.807) is 11.3 Å². The van der Waals surface area contributed by atoms with Gasteiger partial charge in [0.15, 0.2) is 0 Å². The number of rotatable bonds is 2. The Labute approximate surface area is 105 Å². The Kier molecular flexibility index (Phi) is 3.69. The zero-order valence-corrected chi connectivity index (χ0v) is 10.9. The van der Waals surface area contributed by atoms with Gasteiger partial charge in [0.05, 0.1) is 12.1 Å². The van der Waals surface area contributed by atoms with Crippen LogP contribution in [0.2, 0.25) is 0 Å². The number of urea groups is 1. The number of hydrogen-bond acceptors (Lipinski definition) is 3. The molecule has 1 aromatic rings. The summed E-state index contributed by atoms with van der Waals surface area (Å²) in [6.07, 6.45) is 1.13. The van der Waals surface area contributed by atoms with E-state index in [9.17, 15) is 9.90 Å². The standard InChI is InChI=1S/C12H18N2O2S/c1-7(2)13-12(16)14-9-3-4-10(15)11-8(9)5-6-17-11/h5-7,9-10,15H,3-4H2,1-2H3,(H2,13,14,16)/t9-,10+/m1/s1. The van der Waals surface area contributed by atoms with E-state index in [1.807, 2.05) is 25.3 Å². The van der Waals surface area contributed by atoms with Gasteiger partial charge in [-0.2, -0.15) is 0 Å². The number of aliphatic hydroxyl groups excluding tert-OH is 1. The number of nitrogens with one attached hydrogen (secondary N) is 2. The molecule has 0 saturated carbocycles. The molecule has 2 rings (SSSR count).